The Bertz CT molecular complexity index is 2600. The summed E-state index contributed by atoms with van der Waals surface area (Å²) in [6.45, 7) is 0. The molecule has 210 valence electrons. The summed E-state index contributed by atoms with van der Waals surface area (Å²) in [5, 5.41) is 5.21. The molecule has 10 rings (SSSR count). The number of thiophene rings is 1. The summed E-state index contributed by atoms with van der Waals surface area (Å²) >= 11 is 1.89. The van der Waals surface area contributed by atoms with Crippen LogP contribution in [0, 0.1) is 0 Å². The summed E-state index contributed by atoms with van der Waals surface area (Å²) < 4.78 is 5.13. The largest absolute Gasteiger partial charge is 0.308 e. The molecule has 0 fully saturated rings. The molecular formula is C43H27NS. The van der Waals surface area contributed by atoms with E-state index < -0.39 is 0 Å². The minimum absolute atomic E-state index is 0.267. The SMILES string of the molecule is c1ccc(C2c3ccccc3-c3cc(-c4ccc5c(c4)c4ccccc4n5-c4cccc5c4sc4ccccc45)ccc32)cc1. The lowest BCUT2D eigenvalue weighted by atomic mass is 9.89. The Morgan fingerprint density at radius 3 is 2.07 bits per heavy atom. The van der Waals surface area contributed by atoms with Crippen LogP contribution in [0.4, 0.5) is 0 Å². The minimum atomic E-state index is 0.267. The molecule has 0 radical (unpaired) electrons. The number of fused-ring (bicyclic) bond motifs is 9. The molecule has 0 saturated carbocycles. The standard InChI is InChI=1S/C43H27NS/c1-2-11-27(12-3-1)42-33-16-5-4-13-30(33)36-25-28(21-23-34(36)42)29-22-24-39-37(26-29)31-14-6-8-18-38(31)44(39)40-19-10-17-35-32-15-7-9-20-41(32)45-43(35)40/h1-26,42H. The molecule has 0 bridgehead atoms. The van der Waals surface area contributed by atoms with Gasteiger partial charge in [-0.25, -0.2) is 0 Å². The van der Waals surface area contributed by atoms with E-state index in [4.69, 9.17) is 0 Å². The highest BCUT2D eigenvalue weighted by atomic mass is 32.1. The van der Waals surface area contributed by atoms with Crippen molar-refractivity contribution in [2.45, 2.75) is 5.92 Å². The number of benzene rings is 7. The van der Waals surface area contributed by atoms with E-state index in [1.165, 1.54) is 86.6 Å². The predicted octanol–water partition coefficient (Wildman–Crippen LogP) is 12.0. The molecule has 9 aromatic rings. The fourth-order valence-corrected chi connectivity index (χ4v) is 8.91. The summed E-state index contributed by atoms with van der Waals surface area (Å²) in [5.74, 6) is 0.267. The number of hydrogen-bond acceptors (Lipinski definition) is 1. The smallest absolute Gasteiger partial charge is 0.0640 e. The normalized spacial score (nSPS) is 14.0. The van der Waals surface area contributed by atoms with E-state index in [0.29, 0.717) is 0 Å². The van der Waals surface area contributed by atoms with Gasteiger partial charge in [0.2, 0.25) is 0 Å². The van der Waals surface area contributed by atoms with Crippen LogP contribution in [0.5, 0.6) is 0 Å². The van der Waals surface area contributed by atoms with E-state index in [0.717, 1.165) is 0 Å². The van der Waals surface area contributed by atoms with Crippen molar-refractivity contribution in [1.82, 2.24) is 4.57 Å². The Hall–Kier alpha value is -5.44. The third-order valence-corrected chi connectivity index (χ3v) is 10.9. The first-order chi connectivity index (χ1) is 22.3. The van der Waals surface area contributed by atoms with Gasteiger partial charge in [0, 0.05) is 32.2 Å². The van der Waals surface area contributed by atoms with Gasteiger partial charge in [-0.1, -0.05) is 121 Å². The Morgan fingerprint density at radius 2 is 1.13 bits per heavy atom. The highest BCUT2D eigenvalue weighted by Gasteiger charge is 2.30. The lowest BCUT2D eigenvalue weighted by Crippen LogP contribution is -1.98. The van der Waals surface area contributed by atoms with E-state index >= 15 is 0 Å². The second kappa shape index (κ2) is 9.53. The zero-order valence-corrected chi connectivity index (χ0v) is 25.3. The van der Waals surface area contributed by atoms with Crippen LogP contribution >= 0.6 is 11.3 Å². The number of hydrogen-bond donors (Lipinski definition) is 0. The van der Waals surface area contributed by atoms with Gasteiger partial charge in [0.1, 0.15) is 0 Å². The summed E-state index contributed by atoms with van der Waals surface area (Å²) in [5.41, 5.74) is 13.0. The number of para-hydroxylation sites is 1. The number of nitrogens with zero attached hydrogens (tertiary/aromatic N) is 1. The maximum absolute atomic E-state index is 2.47. The van der Waals surface area contributed by atoms with E-state index in [-0.39, 0.29) is 5.92 Å². The fourth-order valence-electron chi connectivity index (χ4n) is 7.71. The highest BCUT2D eigenvalue weighted by Crippen LogP contribution is 2.49. The molecule has 0 N–H and O–H groups in total. The Balaban J connectivity index is 1.17. The molecule has 2 aromatic heterocycles. The first-order valence-corrected chi connectivity index (χ1v) is 16.4. The van der Waals surface area contributed by atoms with E-state index in [1.807, 2.05) is 11.3 Å². The third-order valence-electron chi connectivity index (χ3n) is 9.69. The van der Waals surface area contributed by atoms with E-state index in [1.54, 1.807) is 0 Å². The van der Waals surface area contributed by atoms with Crippen molar-refractivity contribution in [3.63, 3.8) is 0 Å². The first kappa shape index (κ1) is 24.9. The van der Waals surface area contributed by atoms with Crippen LogP contribution in [0.1, 0.15) is 22.6 Å². The quantitative estimate of drug-likeness (QED) is 0.193. The molecule has 0 spiro atoms. The van der Waals surface area contributed by atoms with Crippen LogP contribution < -0.4 is 0 Å². The average molecular weight is 590 g/mol. The molecule has 0 aliphatic heterocycles. The molecule has 0 amide bonds. The topological polar surface area (TPSA) is 4.93 Å². The van der Waals surface area contributed by atoms with Crippen molar-refractivity contribution in [3.8, 4) is 27.9 Å². The molecule has 7 aromatic carbocycles. The molecule has 1 atom stereocenters. The number of aromatic nitrogens is 1. The maximum atomic E-state index is 2.47. The lowest BCUT2D eigenvalue weighted by Gasteiger charge is -2.14. The molecule has 1 aliphatic carbocycles. The Kier molecular flexibility index (Phi) is 5.28. The molecule has 1 nitrogen and oxygen atoms in total. The van der Waals surface area contributed by atoms with Gasteiger partial charge in [0.05, 0.1) is 21.4 Å². The van der Waals surface area contributed by atoms with E-state index in [9.17, 15) is 0 Å². The van der Waals surface area contributed by atoms with Crippen molar-refractivity contribution >= 4 is 53.3 Å². The Morgan fingerprint density at radius 1 is 0.444 bits per heavy atom. The van der Waals surface area contributed by atoms with Gasteiger partial charge in [0.15, 0.2) is 0 Å². The summed E-state index contributed by atoms with van der Waals surface area (Å²) in [6.07, 6.45) is 0. The molecule has 1 aliphatic rings. The van der Waals surface area contributed by atoms with Gasteiger partial charge in [-0.15, -0.1) is 11.3 Å². The van der Waals surface area contributed by atoms with Crippen LogP contribution in [0.2, 0.25) is 0 Å². The van der Waals surface area contributed by atoms with Crippen molar-refractivity contribution in [2.75, 3.05) is 0 Å². The van der Waals surface area contributed by atoms with Crippen LogP contribution in [0.3, 0.4) is 0 Å². The fraction of sp³-hybridized carbons (Fsp3) is 0.0233. The van der Waals surface area contributed by atoms with Gasteiger partial charge >= 0.3 is 0 Å². The van der Waals surface area contributed by atoms with Gasteiger partial charge in [-0.05, 0) is 75.3 Å². The molecular weight excluding hydrogens is 563 g/mol. The van der Waals surface area contributed by atoms with E-state index in [2.05, 4.69) is 162 Å². The van der Waals surface area contributed by atoms with Gasteiger partial charge in [0.25, 0.3) is 0 Å². The highest BCUT2D eigenvalue weighted by molar-refractivity contribution is 7.26. The van der Waals surface area contributed by atoms with Crippen molar-refractivity contribution in [2.24, 2.45) is 0 Å². The number of rotatable bonds is 3. The summed E-state index contributed by atoms with van der Waals surface area (Å²) in [7, 11) is 0. The maximum Gasteiger partial charge on any atom is 0.0640 e. The second-order valence-electron chi connectivity index (χ2n) is 12.1. The van der Waals surface area contributed by atoms with Crippen molar-refractivity contribution < 1.29 is 0 Å². The zero-order chi connectivity index (χ0) is 29.5. The second-order valence-corrected chi connectivity index (χ2v) is 13.1. The van der Waals surface area contributed by atoms with Crippen LogP contribution in [-0.4, -0.2) is 4.57 Å². The first-order valence-electron chi connectivity index (χ1n) is 15.6. The van der Waals surface area contributed by atoms with Gasteiger partial charge in [-0.2, -0.15) is 0 Å². The summed E-state index contributed by atoms with van der Waals surface area (Å²) in [6, 6.07) is 58.3. The van der Waals surface area contributed by atoms with Gasteiger partial charge in [-0.3, -0.25) is 0 Å². The monoisotopic (exact) mass is 589 g/mol. The summed E-state index contributed by atoms with van der Waals surface area (Å²) in [4.78, 5) is 0. The molecule has 2 heterocycles. The zero-order valence-electron chi connectivity index (χ0n) is 24.4. The van der Waals surface area contributed by atoms with Crippen molar-refractivity contribution in [1.29, 1.82) is 0 Å². The molecule has 0 saturated heterocycles. The lowest BCUT2D eigenvalue weighted by molar-refractivity contribution is 1.02. The van der Waals surface area contributed by atoms with Crippen molar-refractivity contribution in [3.05, 3.63) is 174 Å². The van der Waals surface area contributed by atoms with Crippen LogP contribution in [0.25, 0.3) is 69.9 Å². The molecule has 1 unspecified atom stereocenters. The van der Waals surface area contributed by atoms with Crippen LogP contribution in [-0.2, 0) is 0 Å². The van der Waals surface area contributed by atoms with Crippen LogP contribution in [0.15, 0.2) is 158 Å². The predicted molar refractivity (Wildman–Crippen MR) is 192 cm³/mol. The third kappa shape index (κ3) is 3.61. The van der Waals surface area contributed by atoms with Gasteiger partial charge < -0.3 is 4.57 Å². The minimum Gasteiger partial charge on any atom is -0.308 e. The Labute approximate surface area is 265 Å². The molecule has 2 heteroatoms. The average Bonchev–Trinajstić information content (AvgIpc) is 3.76. The molecule has 45 heavy (non-hydrogen) atoms.